The molecule has 2 fully saturated rings. The lowest BCUT2D eigenvalue weighted by Crippen LogP contribution is -2.59. The SMILES string of the molecule is CC(C)CN1CCN(C2CCNCC2(C)C)CC1. The average molecular weight is 253 g/mol. The van der Waals surface area contributed by atoms with Gasteiger partial charge in [0.15, 0.2) is 0 Å². The fraction of sp³-hybridized carbons (Fsp3) is 1.00. The van der Waals surface area contributed by atoms with Gasteiger partial charge in [-0.15, -0.1) is 0 Å². The summed E-state index contributed by atoms with van der Waals surface area (Å²) in [6.45, 7) is 18.2. The maximum atomic E-state index is 3.54. The van der Waals surface area contributed by atoms with E-state index in [1.54, 1.807) is 0 Å². The van der Waals surface area contributed by atoms with Gasteiger partial charge in [0.2, 0.25) is 0 Å². The van der Waals surface area contributed by atoms with Crippen molar-refractivity contribution in [3.05, 3.63) is 0 Å². The monoisotopic (exact) mass is 253 g/mol. The maximum absolute atomic E-state index is 3.54. The molecule has 0 bridgehead atoms. The Hall–Kier alpha value is -0.120. The second-order valence-electron chi connectivity index (χ2n) is 7.20. The van der Waals surface area contributed by atoms with Gasteiger partial charge in [0.1, 0.15) is 0 Å². The summed E-state index contributed by atoms with van der Waals surface area (Å²) in [6.07, 6.45) is 1.32. The van der Waals surface area contributed by atoms with Crippen molar-refractivity contribution in [1.82, 2.24) is 15.1 Å². The topological polar surface area (TPSA) is 18.5 Å². The molecule has 0 amide bonds. The van der Waals surface area contributed by atoms with Crippen LogP contribution in [0, 0.1) is 11.3 Å². The highest BCUT2D eigenvalue weighted by Gasteiger charge is 2.37. The van der Waals surface area contributed by atoms with Gasteiger partial charge >= 0.3 is 0 Å². The van der Waals surface area contributed by atoms with Crippen LogP contribution >= 0.6 is 0 Å². The highest BCUT2D eigenvalue weighted by atomic mass is 15.3. The van der Waals surface area contributed by atoms with E-state index in [2.05, 4.69) is 42.8 Å². The van der Waals surface area contributed by atoms with E-state index < -0.39 is 0 Å². The highest BCUT2D eigenvalue weighted by Crippen LogP contribution is 2.30. The van der Waals surface area contributed by atoms with Crippen LogP contribution in [0.2, 0.25) is 0 Å². The van der Waals surface area contributed by atoms with Crippen molar-refractivity contribution in [2.75, 3.05) is 45.8 Å². The molecule has 0 aromatic heterocycles. The number of piperazine rings is 1. The molecule has 3 heteroatoms. The van der Waals surface area contributed by atoms with Crippen molar-refractivity contribution in [3.8, 4) is 0 Å². The molecule has 0 radical (unpaired) electrons. The van der Waals surface area contributed by atoms with Crippen molar-refractivity contribution in [1.29, 1.82) is 0 Å². The molecule has 2 saturated heterocycles. The van der Waals surface area contributed by atoms with Crippen LogP contribution in [-0.2, 0) is 0 Å². The lowest BCUT2D eigenvalue weighted by molar-refractivity contribution is 0.0186. The summed E-state index contributed by atoms with van der Waals surface area (Å²) in [5, 5.41) is 3.54. The van der Waals surface area contributed by atoms with Gasteiger partial charge in [0.05, 0.1) is 0 Å². The largest absolute Gasteiger partial charge is 0.316 e. The molecule has 0 spiro atoms. The molecule has 0 aromatic rings. The molecule has 2 aliphatic rings. The Labute approximate surface area is 113 Å². The fourth-order valence-corrected chi connectivity index (χ4v) is 3.61. The van der Waals surface area contributed by atoms with E-state index in [9.17, 15) is 0 Å². The van der Waals surface area contributed by atoms with Crippen LogP contribution < -0.4 is 5.32 Å². The minimum Gasteiger partial charge on any atom is -0.316 e. The fourth-order valence-electron chi connectivity index (χ4n) is 3.61. The van der Waals surface area contributed by atoms with Gasteiger partial charge in [-0.3, -0.25) is 4.90 Å². The van der Waals surface area contributed by atoms with Gasteiger partial charge in [-0.05, 0) is 24.3 Å². The van der Waals surface area contributed by atoms with Crippen LogP contribution in [0.15, 0.2) is 0 Å². The quantitative estimate of drug-likeness (QED) is 0.825. The molecule has 3 nitrogen and oxygen atoms in total. The van der Waals surface area contributed by atoms with Crippen LogP contribution in [0.4, 0.5) is 0 Å². The number of piperidine rings is 1. The molecule has 1 N–H and O–H groups in total. The normalized spacial score (nSPS) is 30.8. The van der Waals surface area contributed by atoms with Gasteiger partial charge in [0, 0.05) is 45.3 Å². The number of hydrogen-bond acceptors (Lipinski definition) is 3. The van der Waals surface area contributed by atoms with Crippen LogP contribution in [0.3, 0.4) is 0 Å². The Balaban J connectivity index is 1.85. The molecule has 18 heavy (non-hydrogen) atoms. The Bertz CT molecular complexity index is 254. The van der Waals surface area contributed by atoms with Gasteiger partial charge in [-0.25, -0.2) is 0 Å². The van der Waals surface area contributed by atoms with Crippen molar-refractivity contribution in [2.45, 2.75) is 40.2 Å². The Kier molecular flexibility index (Phi) is 4.68. The first-order chi connectivity index (χ1) is 8.49. The molecule has 1 unspecified atom stereocenters. The highest BCUT2D eigenvalue weighted by molar-refractivity contribution is 4.93. The maximum Gasteiger partial charge on any atom is 0.0172 e. The molecule has 2 aliphatic heterocycles. The predicted molar refractivity (Wildman–Crippen MR) is 77.9 cm³/mol. The summed E-state index contributed by atoms with van der Waals surface area (Å²) in [5.41, 5.74) is 0.429. The molecular weight excluding hydrogens is 222 g/mol. The molecule has 0 saturated carbocycles. The zero-order valence-corrected chi connectivity index (χ0v) is 12.7. The zero-order chi connectivity index (χ0) is 13.2. The third kappa shape index (κ3) is 3.46. The van der Waals surface area contributed by atoms with E-state index in [1.165, 1.54) is 52.2 Å². The Morgan fingerprint density at radius 3 is 2.39 bits per heavy atom. The number of hydrogen-bond donors (Lipinski definition) is 1. The number of nitrogens with zero attached hydrogens (tertiary/aromatic N) is 2. The van der Waals surface area contributed by atoms with Gasteiger partial charge < -0.3 is 10.2 Å². The number of nitrogens with one attached hydrogen (secondary N) is 1. The molecule has 2 heterocycles. The lowest BCUT2D eigenvalue weighted by Gasteiger charge is -2.48. The third-order valence-electron chi connectivity index (χ3n) is 4.55. The van der Waals surface area contributed by atoms with Crippen molar-refractivity contribution in [2.24, 2.45) is 11.3 Å². The van der Waals surface area contributed by atoms with E-state index in [-0.39, 0.29) is 0 Å². The van der Waals surface area contributed by atoms with Gasteiger partial charge in [0.25, 0.3) is 0 Å². The van der Waals surface area contributed by atoms with Crippen LogP contribution in [0.25, 0.3) is 0 Å². The molecule has 1 atom stereocenters. The molecule has 0 aromatic carbocycles. The average Bonchev–Trinajstić information content (AvgIpc) is 2.29. The molecule has 2 rings (SSSR count). The van der Waals surface area contributed by atoms with E-state index in [0.717, 1.165) is 12.0 Å². The van der Waals surface area contributed by atoms with Crippen molar-refractivity contribution in [3.63, 3.8) is 0 Å². The van der Waals surface area contributed by atoms with E-state index >= 15 is 0 Å². The zero-order valence-electron chi connectivity index (χ0n) is 12.7. The third-order valence-corrected chi connectivity index (χ3v) is 4.55. The number of rotatable bonds is 3. The van der Waals surface area contributed by atoms with Crippen LogP contribution in [0.5, 0.6) is 0 Å². The molecule has 0 aliphatic carbocycles. The lowest BCUT2D eigenvalue weighted by atomic mass is 9.79. The first kappa shape index (κ1) is 14.3. The van der Waals surface area contributed by atoms with Crippen molar-refractivity contribution >= 4 is 0 Å². The van der Waals surface area contributed by atoms with E-state index in [4.69, 9.17) is 0 Å². The molecule has 106 valence electrons. The second kappa shape index (κ2) is 5.89. The smallest absolute Gasteiger partial charge is 0.0172 e. The first-order valence-corrected chi connectivity index (χ1v) is 7.66. The van der Waals surface area contributed by atoms with E-state index in [0.29, 0.717) is 5.41 Å². The summed E-state index contributed by atoms with van der Waals surface area (Å²) < 4.78 is 0. The van der Waals surface area contributed by atoms with Crippen LogP contribution in [0.1, 0.15) is 34.1 Å². The van der Waals surface area contributed by atoms with Gasteiger partial charge in [-0.2, -0.15) is 0 Å². The summed E-state index contributed by atoms with van der Waals surface area (Å²) in [4.78, 5) is 5.38. The Morgan fingerprint density at radius 1 is 1.17 bits per heavy atom. The minimum atomic E-state index is 0.429. The summed E-state index contributed by atoms with van der Waals surface area (Å²) >= 11 is 0. The summed E-state index contributed by atoms with van der Waals surface area (Å²) in [7, 11) is 0. The minimum absolute atomic E-state index is 0.429. The summed E-state index contributed by atoms with van der Waals surface area (Å²) in [5.74, 6) is 0.798. The van der Waals surface area contributed by atoms with Gasteiger partial charge in [-0.1, -0.05) is 27.7 Å². The first-order valence-electron chi connectivity index (χ1n) is 7.66. The van der Waals surface area contributed by atoms with Crippen LogP contribution in [-0.4, -0.2) is 61.7 Å². The standard InChI is InChI=1S/C15H31N3/c1-13(2)11-17-7-9-18(10-8-17)14-5-6-16-12-15(14,3)4/h13-14,16H,5-12H2,1-4H3. The van der Waals surface area contributed by atoms with Crippen molar-refractivity contribution < 1.29 is 0 Å². The Morgan fingerprint density at radius 2 is 1.83 bits per heavy atom. The van der Waals surface area contributed by atoms with E-state index in [1.807, 2.05) is 0 Å². The molecular formula is C15H31N3. The predicted octanol–water partition coefficient (Wildman–Crippen LogP) is 1.65. The second-order valence-corrected chi connectivity index (χ2v) is 7.20. The summed E-state index contributed by atoms with van der Waals surface area (Å²) in [6, 6.07) is 0.778.